The summed E-state index contributed by atoms with van der Waals surface area (Å²) < 4.78 is 17.0. The molecule has 0 saturated heterocycles. The molecule has 1 atom stereocenters. The van der Waals surface area contributed by atoms with Gasteiger partial charge >= 0.3 is 6.09 Å². The van der Waals surface area contributed by atoms with Gasteiger partial charge in [0.1, 0.15) is 0 Å². The number of rotatable bonds is 32. The number of nitrogens with one attached hydrogen (secondary N) is 2. The van der Waals surface area contributed by atoms with Crippen molar-refractivity contribution in [3.05, 3.63) is 0 Å². The van der Waals surface area contributed by atoms with Gasteiger partial charge in [-0.25, -0.2) is 4.79 Å². The Bertz CT molecular complexity index is 629. The molecule has 0 rings (SSSR count). The van der Waals surface area contributed by atoms with Gasteiger partial charge in [0, 0.05) is 39.1 Å². The Morgan fingerprint density at radius 2 is 1.21 bits per heavy atom. The van der Waals surface area contributed by atoms with Crippen LogP contribution in [0.3, 0.4) is 0 Å². The van der Waals surface area contributed by atoms with E-state index in [-0.39, 0.29) is 23.7 Å². The van der Waals surface area contributed by atoms with Crippen LogP contribution >= 0.6 is 0 Å². The molecular weight excluding hydrogens is 540 g/mol. The van der Waals surface area contributed by atoms with Crippen molar-refractivity contribution < 1.29 is 23.8 Å². The standard InChI is InChI=1S/C36H72N2O5/c1-6-9-10-11-12-13-14-15-16-17-18-19-20-21-25-31-41-33(7-2)27-32-42-35(40)38-29-24-22-23-26-34(39)37-30-28-36(4,5)43-8-3/h33H,6-32H2,1-5H3,(H,37,39)(H,38,40). The monoisotopic (exact) mass is 613 g/mol. The Hall–Kier alpha value is -1.34. The Morgan fingerprint density at radius 3 is 1.77 bits per heavy atom. The van der Waals surface area contributed by atoms with E-state index in [9.17, 15) is 9.59 Å². The van der Waals surface area contributed by atoms with Crippen molar-refractivity contribution >= 4 is 12.0 Å². The Labute approximate surface area is 266 Å². The molecule has 0 aliphatic rings. The minimum atomic E-state index is -0.369. The van der Waals surface area contributed by atoms with E-state index >= 15 is 0 Å². The highest BCUT2D eigenvalue weighted by atomic mass is 16.5. The van der Waals surface area contributed by atoms with E-state index in [1.165, 1.54) is 89.9 Å². The minimum absolute atomic E-state index is 0.0759. The highest BCUT2D eigenvalue weighted by Gasteiger charge is 2.17. The average molecular weight is 613 g/mol. The molecule has 0 aromatic rings. The number of hydrogen-bond donors (Lipinski definition) is 2. The number of alkyl carbamates (subject to hydrolysis) is 1. The maximum absolute atomic E-state index is 12.0. The molecule has 0 fully saturated rings. The molecule has 0 aliphatic heterocycles. The summed E-state index contributed by atoms with van der Waals surface area (Å²) in [6, 6.07) is 0. The second-order valence-electron chi connectivity index (χ2n) is 12.8. The van der Waals surface area contributed by atoms with Crippen LogP contribution in [0.5, 0.6) is 0 Å². The Balaban J connectivity index is 3.52. The van der Waals surface area contributed by atoms with Gasteiger partial charge in [0.25, 0.3) is 0 Å². The lowest BCUT2D eigenvalue weighted by Gasteiger charge is -2.24. The van der Waals surface area contributed by atoms with Gasteiger partial charge in [-0.2, -0.15) is 0 Å². The van der Waals surface area contributed by atoms with Gasteiger partial charge in [-0.15, -0.1) is 0 Å². The van der Waals surface area contributed by atoms with E-state index in [2.05, 4.69) is 24.5 Å². The van der Waals surface area contributed by atoms with Gasteiger partial charge in [-0.1, -0.05) is 110 Å². The van der Waals surface area contributed by atoms with Crippen LogP contribution in [0.2, 0.25) is 0 Å². The molecule has 0 radical (unpaired) electrons. The highest BCUT2D eigenvalue weighted by Crippen LogP contribution is 2.15. The molecule has 256 valence electrons. The molecule has 0 heterocycles. The third kappa shape index (κ3) is 30.5. The first-order valence-corrected chi connectivity index (χ1v) is 18.3. The van der Waals surface area contributed by atoms with Crippen LogP contribution in [-0.2, 0) is 19.0 Å². The average Bonchev–Trinajstić information content (AvgIpc) is 2.97. The van der Waals surface area contributed by atoms with Crippen molar-refractivity contribution in [1.29, 1.82) is 0 Å². The third-order valence-electron chi connectivity index (χ3n) is 8.16. The second kappa shape index (κ2) is 30.7. The number of ether oxygens (including phenoxy) is 3. The zero-order valence-corrected chi connectivity index (χ0v) is 29.2. The third-order valence-corrected chi connectivity index (χ3v) is 8.16. The van der Waals surface area contributed by atoms with Gasteiger partial charge in [-0.05, 0) is 52.9 Å². The summed E-state index contributed by atoms with van der Waals surface area (Å²) in [7, 11) is 0. The molecular formula is C36H72N2O5. The maximum Gasteiger partial charge on any atom is 0.407 e. The van der Waals surface area contributed by atoms with E-state index in [0.717, 1.165) is 51.6 Å². The topological polar surface area (TPSA) is 85.9 Å². The van der Waals surface area contributed by atoms with E-state index < -0.39 is 0 Å². The zero-order valence-electron chi connectivity index (χ0n) is 29.2. The summed E-state index contributed by atoms with van der Waals surface area (Å²) in [5.41, 5.74) is -0.210. The number of carbonyl (C=O) groups is 2. The fourth-order valence-electron chi connectivity index (χ4n) is 5.29. The van der Waals surface area contributed by atoms with Crippen LogP contribution in [0.4, 0.5) is 4.79 Å². The molecule has 0 aromatic heterocycles. The zero-order chi connectivity index (χ0) is 31.9. The van der Waals surface area contributed by atoms with E-state index in [0.29, 0.717) is 32.7 Å². The molecule has 2 amide bonds. The molecule has 1 unspecified atom stereocenters. The van der Waals surface area contributed by atoms with Crippen molar-refractivity contribution in [1.82, 2.24) is 10.6 Å². The molecule has 0 spiro atoms. The first-order chi connectivity index (χ1) is 20.8. The Kier molecular flexibility index (Phi) is 29.7. The molecule has 0 aliphatic carbocycles. The Morgan fingerprint density at radius 1 is 0.651 bits per heavy atom. The van der Waals surface area contributed by atoms with Crippen LogP contribution in [-0.4, -0.2) is 56.6 Å². The first-order valence-electron chi connectivity index (χ1n) is 18.3. The molecule has 43 heavy (non-hydrogen) atoms. The fourth-order valence-corrected chi connectivity index (χ4v) is 5.29. The van der Waals surface area contributed by atoms with Gasteiger partial charge in [0.05, 0.1) is 18.3 Å². The highest BCUT2D eigenvalue weighted by molar-refractivity contribution is 5.75. The number of carbonyl (C=O) groups excluding carboxylic acids is 2. The maximum atomic E-state index is 12.0. The van der Waals surface area contributed by atoms with Crippen molar-refractivity contribution in [3.63, 3.8) is 0 Å². The van der Waals surface area contributed by atoms with Crippen molar-refractivity contribution in [2.24, 2.45) is 0 Å². The van der Waals surface area contributed by atoms with Gasteiger partial charge in [0.2, 0.25) is 5.91 Å². The van der Waals surface area contributed by atoms with Crippen molar-refractivity contribution in [2.45, 2.75) is 188 Å². The van der Waals surface area contributed by atoms with Gasteiger partial charge < -0.3 is 24.8 Å². The number of hydrogen-bond acceptors (Lipinski definition) is 5. The summed E-state index contributed by atoms with van der Waals surface area (Å²) in [4.78, 5) is 23.9. The van der Waals surface area contributed by atoms with Crippen LogP contribution in [0.1, 0.15) is 176 Å². The second-order valence-corrected chi connectivity index (χ2v) is 12.8. The molecule has 0 saturated carbocycles. The molecule has 0 bridgehead atoms. The molecule has 2 N–H and O–H groups in total. The predicted molar refractivity (Wildman–Crippen MR) is 181 cm³/mol. The van der Waals surface area contributed by atoms with Crippen LogP contribution in [0.15, 0.2) is 0 Å². The van der Waals surface area contributed by atoms with Crippen LogP contribution in [0, 0.1) is 0 Å². The van der Waals surface area contributed by atoms with E-state index in [1.807, 2.05) is 20.8 Å². The summed E-state index contributed by atoms with van der Waals surface area (Å²) in [6.07, 6.45) is 25.8. The normalized spacial score (nSPS) is 12.3. The molecule has 0 aromatic carbocycles. The van der Waals surface area contributed by atoms with E-state index in [1.54, 1.807) is 0 Å². The SMILES string of the molecule is CCCCCCCCCCCCCCCCCOC(CC)CCOC(=O)NCCCCCC(=O)NCCC(C)(C)OCC. The predicted octanol–water partition coefficient (Wildman–Crippen LogP) is 9.65. The summed E-state index contributed by atoms with van der Waals surface area (Å²) >= 11 is 0. The summed E-state index contributed by atoms with van der Waals surface area (Å²) in [5.74, 6) is 0.0759. The smallest absolute Gasteiger partial charge is 0.407 e. The largest absolute Gasteiger partial charge is 0.449 e. The fraction of sp³-hybridized carbons (Fsp3) is 0.944. The lowest BCUT2D eigenvalue weighted by molar-refractivity contribution is -0.121. The van der Waals surface area contributed by atoms with Crippen molar-refractivity contribution in [3.8, 4) is 0 Å². The quantitative estimate of drug-likeness (QED) is 0.0739. The molecule has 7 nitrogen and oxygen atoms in total. The van der Waals surface area contributed by atoms with Crippen LogP contribution < -0.4 is 10.6 Å². The number of amides is 2. The lowest BCUT2D eigenvalue weighted by atomic mass is 10.0. The lowest BCUT2D eigenvalue weighted by Crippen LogP contribution is -2.32. The van der Waals surface area contributed by atoms with Gasteiger partial charge in [0.15, 0.2) is 0 Å². The first kappa shape index (κ1) is 41.7. The number of unbranched alkanes of at least 4 members (excludes halogenated alkanes) is 16. The van der Waals surface area contributed by atoms with Gasteiger partial charge in [-0.3, -0.25) is 4.79 Å². The minimum Gasteiger partial charge on any atom is -0.449 e. The van der Waals surface area contributed by atoms with Crippen LogP contribution in [0.25, 0.3) is 0 Å². The summed E-state index contributed by atoms with van der Waals surface area (Å²) in [5, 5.41) is 5.77. The van der Waals surface area contributed by atoms with E-state index in [4.69, 9.17) is 14.2 Å². The summed E-state index contributed by atoms with van der Waals surface area (Å²) in [6.45, 7) is 13.5. The molecule has 7 heteroatoms. The van der Waals surface area contributed by atoms with Crippen molar-refractivity contribution in [2.75, 3.05) is 32.9 Å².